The van der Waals surface area contributed by atoms with E-state index in [0.717, 1.165) is 6.42 Å². The second kappa shape index (κ2) is 2.98. The Morgan fingerprint density at radius 2 is 2.08 bits per heavy atom. The average Bonchev–Trinajstić information content (AvgIpc) is 1.97. The summed E-state index contributed by atoms with van der Waals surface area (Å²) in [5.41, 5.74) is 4.97. The monoisotopic (exact) mass is 185 g/mol. The van der Waals surface area contributed by atoms with Gasteiger partial charge in [-0.05, 0) is 24.7 Å². The molecule has 13 heavy (non-hydrogen) atoms. The van der Waals surface area contributed by atoms with E-state index >= 15 is 0 Å². The van der Waals surface area contributed by atoms with Gasteiger partial charge in [-0.1, -0.05) is 20.8 Å². The van der Waals surface area contributed by atoms with Gasteiger partial charge in [0.15, 0.2) is 0 Å². The largest absolute Gasteiger partial charge is 0.481 e. The van der Waals surface area contributed by atoms with Crippen molar-refractivity contribution in [2.45, 2.75) is 46.1 Å². The fourth-order valence-electron chi connectivity index (χ4n) is 2.19. The Morgan fingerprint density at radius 3 is 2.31 bits per heavy atom. The van der Waals surface area contributed by atoms with Crippen molar-refractivity contribution in [3.8, 4) is 0 Å². The molecule has 0 aromatic heterocycles. The lowest BCUT2D eigenvalue weighted by Gasteiger charge is -2.52. The topological polar surface area (TPSA) is 63.3 Å². The number of carboxylic acid groups (broad SMARTS) is 1. The van der Waals surface area contributed by atoms with E-state index < -0.39 is 11.4 Å². The third-order valence-electron chi connectivity index (χ3n) is 3.81. The van der Waals surface area contributed by atoms with Gasteiger partial charge in [-0.2, -0.15) is 0 Å². The molecule has 0 spiro atoms. The Balaban J connectivity index is 2.88. The first kappa shape index (κ1) is 10.5. The number of nitrogens with two attached hydrogens (primary N) is 1. The van der Waals surface area contributed by atoms with Crippen LogP contribution in [0.15, 0.2) is 0 Å². The van der Waals surface area contributed by atoms with Crippen molar-refractivity contribution >= 4 is 5.97 Å². The fourth-order valence-corrected chi connectivity index (χ4v) is 2.19. The number of carbonyl (C=O) groups is 1. The standard InChI is InChI=1S/C10H19NO2/c1-4-9(2,3)10(8(12)13)5-7(11)6-10/h7H,4-6,11H2,1-3H3,(H,12,13). The molecule has 3 heteroatoms. The summed E-state index contributed by atoms with van der Waals surface area (Å²) in [6.45, 7) is 6.08. The molecule has 3 nitrogen and oxygen atoms in total. The van der Waals surface area contributed by atoms with Crippen LogP contribution in [0.5, 0.6) is 0 Å². The maximum atomic E-state index is 11.2. The zero-order valence-corrected chi connectivity index (χ0v) is 8.63. The summed E-state index contributed by atoms with van der Waals surface area (Å²) in [6, 6.07) is 0.0851. The predicted octanol–water partition coefficient (Wildman–Crippen LogP) is 1.61. The molecule has 0 bridgehead atoms. The van der Waals surface area contributed by atoms with E-state index in [9.17, 15) is 9.90 Å². The molecule has 1 rings (SSSR count). The second-order valence-corrected chi connectivity index (χ2v) is 4.79. The highest BCUT2D eigenvalue weighted by molar-refractivity contribution is 5.77. The molecule has 1 saturated carbocycles. The number of aliphatic carboxylic acids is 1. The zero-order chi connectivity index (χ0) is 10.3. The van der Waals surface area contributed by atoms with Gasteiger partial charge in [0.1, 0.15) is 0 Å². The normalized spacial score (nSPS) is 34.0. The van der Waals surface area contributed by atoms with E-state index in [1.807, 2.05) is 20.8 Å². The van der Waals surface area contributed by atoms with E-state index in [1.165, 1.54) is 0 Å². The van der Waals surface area contributed by atoms with Crippen LogP contribution in [0.4, 0.5) is 0 Å². The van der Waals surface area contributed by atoms with Crippen LogP contribution < -0.4 is 5.73 Å². The minimum Gasteiger partial charge on any atom is -0.481 e. The summed E-state index contributed by atoms with van der Waals surface area (Å²) in [5, 5.41) is 9.21. The lowest BCUT2D eigenvalue weighted by Crippen LogP contribution is -2.58. The predicted molar refractivity (Wildman–Crippen MR) is 51.4 cm³/mol. The summed E-state index contributed by atoms with van der Waals surface area (Å²) in [7, 11) is 0. The van der Waals surface area contributed by atoms with Crippen LogP contribution in [-0.4, -0.2) is 17.1 Å². The Morgan fingerprint density at radius 1 is 1.62 bits per heavy atom. The van der Waals surface area contributed by atoms with Crippen LogP contribution in [0.25, 0.3) is 0 Å². The molecule has 0 heterocycles. The van der Waals surface area contributed by atoms with Crippen LogP contribution in [-0.2, 0) is 4.79 Å². The molecule has 0 aliphatic heterocycles. The Labute approximate surface area is 79.3 Å². The molecule has 76 valence electrons. The maximum Gasteiger partial charge on any atom is 0.310 e. The third kappa shape index (κ3) is 1.35. The Kier molecular flexibility index (Phi) is 2.41. The summed E-state index contributed by atoms with van der Waals surface area (Å²) in [4.78, 5) is 11.2. The SMILES string of the molecule is CCC(C)(C)C1(C(=O)O)CC(N)C1. The van der Waals surface area contributed by atoms with Gasteiger partial charge >= 0.3 is 5.97 Å². The first-order valence-corrected chi connectivity index (χ1v) is 4.85. The van der Waals surface area contributed by atoms with Crippen molar-refractivity contribution in [2.75, 3.05) is 0 Å². The molecule has 0 atom stereocenters. The first-order valence-electron chi connectivity index (χ1n) is 4.85. The highest BCUT2D eigenvalue weighted by Gasteiger charge is 2.57. The van der Waals surface area contributed by atoms with Gasteiger partial charge in [0.05, 0.1) is 5.41 Å². The van der Waals surface area contributed by atoms with Crippen molar-refractivity contribution in [3.63, 3.8) is 0 Å². The molecule has 1 aliphatic rings. The van der Waals surface area contributed by atoms with Crippen LogP contribution in [0.3, 0.4) is 0 Å². The minimum absolute atomic E-state index is 0.0851. The number of rotatable bonds is 3. The van der Waals surface area contributed by atoms with E-state index in [4.69, 9.17) is 5.73 Å². The van der Waals surface area contributed by atoms with Gasteiger partial charge in [-0.15, -0.1) is 0 Å². The van der Waals surface area contributed by atoms with Gasteiger partial charge in [0, 0.05) is 6.04 Å². The molecule has 0 saturated heterocycles. The number of carboxylic acids is 1. The van der Waals surface area contributed by atoms with Gasteiger partial charge in [0.2, 0.25) is 0 Å². The highest BCUT2D eigenvalue weighted by atomic mass is 16.4. The van der Waals surface area contributed by atoms with Gasteiger partial charge < -0.3 is 10.8 Å². The Bertz CT molecular complexity index is 217. The highest BCUT2D eigenvalue weighted by Crippen LogP contribution is 2.54. The second-order valence-electron chi connectivity index (χ2n) is 4.79. The quantitative estimate of drug-likeness (QED) is 0.702. The lowest BCUT2D eigenvalue weighted by molar-refractivity contribution is -0.168. The van der Waals surface area contributed by atoms with Crippen LogP contribution in [0.1, 0.15) is 40.0 Å². The van der Waals surface area contributed by atoms with E-state index in [-0.39, 0.29) is 11.5 Å². The molecule has 3 N–H and O–H groups in total. The van der Waals surface area contributed by atoms with Crippen LogP contribution in [0.2, 0.25) is 0 Å². The van der Waals surface area contributed by atoms with E-state index in [1.54, 1.807) is 0 Å². The average molecular weight is 185 g/mol. The summed E-state index contributed by atoms with van der Waals surface area (Å²) >= 11 is 0. The first-order chi connectivity index (χ1) is 5.85. The van der Waals surface area contributed by atoms with Gasteiger partial charge in [0.25, 0.3) is 0 Å². The van der Waals surface area contributed by atoms with Crippen molar-refractivity contribution < 1.29 is 9.90 Å². The summed E-state index contributed by atoms with van der Waals surface area (Å²) < 4.78 is 0. The van der Waals surface area contributed by atoms with Crippen molar-refractivity contribution in [1.82, 2.24) is 0 Å². The molecule has 0 aromatic carbocycles. The van der Waals surface area contributed by atoms with Crippen LogP contribution >= 0.6 is 0 Å². The molecule has 1 aliphatic carbocycles. The zero-order valence-electron chi connectivity index (χ0n) is 8.63. The summed E-state index contributed by atoms with van der Waals surface area (Å²) in [6.07, 6.45) is 2.14. The molecule has 1 fully saturated rings. The van der Waals surface area contributed by atoms with Crippen molar-refractivity contribution in [1.29, 1.82) is 0 Å². The van der Waals surface area contributed by atoms with Crippen LogP contribution in [0, 0.1) is 10.8 Å². The molecule has 0 amide bonds. The maximum absolute atomic E-state index is 11.2. The number of hydrogen-bond acceptors (Lipinski definition) is 2. The Hall–Kier alpha value is -0.570. The van der Waals surface area contributed by atoms with E-state index in [0.29, 0.717) is 12.8 Å². The fraction of sp³-hybridized carbons (Fsp3) is 0.900. The summed E-state index contributed by atoms with van der Waals surface area (Å²) in [5.74, 6) is -0.680. The molecule has 0 aromatic rings. The van der Waals surface area contributed by atoms with Crippen molar-refractivity contribution in [2.24, 2.45) is 16.6 Å². The van der Waals surface area contributed by atoms with E-state index in [2.05, 4.69) is 0 Å². The smallest absolute Gasteiger partial charge is 0.310 e. The lowest BCUT2D eigenvalue weighted by atomic mass is 9.52. The molecule has 0 radical (unpaired) electrons. The van der Waals surface area contributed by atoms with Gasteiger partial charge in [-0.25, -0.2) is 0 Å². The van der Waals surface area contributed by atoms with Gasteiger partial charge in [-0.3, -0.25) is 4.79 Å². The molecular formula is C10H19NO2. The number of hydrogen-bond donors (Lipinski definition) is 2. The molecule has 0 unspecified atom stereocenters. The molecular weight excluding hydrogens is 166 g/mol. The third-order valence-corrected chi connectivity index (χ3v) is 3.81. The van der Waals surface area contributed by atoms with Crippen molar-refractivity contribution in [3.05, 3.63) is 0 Å². The minimum atomic E-state index is -0.680.